The Hall–Kier alpha value is -1.45. The van der Waals surface area contributed by atoms with Gasteiger partial charge >= 0.3 is 0 Å². The lowest BCUT2D eigenvalue weighted by atomic mass is 9.98. The highest BCUT2D eigenvalue weighted by atomic mass is 19.1. The number of benzene rings is 1. The molecule has 2 rings (SSSR count). The molecule has 1 aliphatic heterocycles. The third-order valence-electron chi connectivity index (χ3n) is 3.28. The summed E-state index contributed by atoms with van der Waals surface area (Å²) in [7, 11) is 0. The Morgan fingerprint density at radius 1 is 1.24 bits per heavy atom. The molecule has 4 heteroatoms. The van der Waals surface area contributed by atoms with E-state index >= 15 is 0 Å². The number of hydrogen-bond acceptors (Lipinski definition) is 2. The van der Waals surface area contributed by atoms with E-state index in [1.54, 1.807) is 4.90 Å². The maximum absolute atomic E-state index is 13.7. The normalized spacial score (nSPS) is 17.2. The third kappa shape index (κ3) is 2.46. The largest absolute Gasteiger partial charge is 0.367 e. The van der Waals surface area contributed by atoms with E-state index in [1.807, 2.05) is 0 Å². The summed E-state index contributed by atoms with van der Waals surface area (Å²) in [4.78, 5) is 12.2. The van der Waals surface area contributed by atoms with Crippen molar-refractivity contribution in [3.63, 3.8) is 0 Å². The van der Waals surface area contributed by atoms with Crippen LogP contribution < -0.4 is 4.90 Å². The van der Waals surface area contributed by atoms with Crippen molar-refractivity contribution in [2.45, 2.75) is 19.8 Å². The Balaban J connectivity index is 2.29. The minimum absolute atomic E-state index is 0.00231. The van der Waals surface area contributed by atoms with Crippen LogP contribution in [-0.4, -0.2) is 19.4 Å². The van der Waals surface area contributed by atoms with E-state index < -0.39 is 11.6 Å². The summed E-state index contributed by atoms with van der Waals surface area (Å²) in [5.41, 5.74) is 0.0385. The lowest BCUT2D eigenvalue weighted by Crippen LogP contribution is -2.34. The minimum atomic E-state index is -0.651. The second kappa shape index (κ2) is 4.82. The number of nitrogens with zero attached hydrogens (tertiary/aromatic N) is 1. The molecule has 92 valence electrons. The number of carbonyl (C=O) groups excluding carboxylic acids is 1. The molecule has 1 aromatic rings. The molecule has 1 aliphatic rings. The van der Waals surface area contributed by atoms with Crippen LogP contribution in [0.1, 0.15) is 30.1 Å². The second-order valence-corrected chi connectivity index (χ2v) is 4.62. The van der Waals surface area contributed by atoms with E-state index in [2.05, 4.69) is 6.92 Å². The monoisotopic (exact) mass is 239 g/mol. The Morgan fingerprint density at radius 3 is 2.24 bits per heavy atom. The van der Waals surface area contributed by atoms with Gasteiger partial charge in [0.1, 0.15) is 23.6 Å². The van der Waals surface area contributed by atoms with E-state index in [4.69, 9.17) is 0 Å². The van der Waals surface area contributed by atoms with Gasteiger partial charge in [-0.1, -0.05) is 6.92 Å². The Morgan fingerprint density at radius 2 is 1.76 bits per heavy atom. The summed E-state index contributed by atoms with van der Waals surface area (Å²) >= 11 is 0. The molecule has 0 radical (unpaired) electrons. The van der Waals surface area contributed by atoms with Crippen molar-refractivity contribution in [2.24, 2.45) is 5.92 Å². The van der Waals surface area contributed by atoms with Gasteiger partial charge in [-0.3, -0.25) is 4.79 Å². The van der Waals surface area contributed by atoms with Crippen molar-refractivity contribution in [1.29, 1.82) is 0 Å². The fourth-order valence-corrected chi connectivity index (χ4v) is 2.19. The van der Waals surface area contributed by atoms with Crippen LogP contribution in [0.4, 0.5) is 14.5 Å². The SMILES string of the molecule is CC1CCN(c2c(F)cc(C=O)cc2F)CC1. The number of piperidine rings is 1. The van der Waals surface area contributed by atoms with E-state index in [1.165, 1.54) is 0 Å². The molecular formula is C13H15F2NO. The highest BCUT2D eigenvalue weighted by Gasteiger charge is 2.22. The molecule has 0 bridgehead atoms. The molecule has 1 saturated heterocycles. The highest BCUT2D eigenvalue weighted by molar-refractivity contribution is 5.76. The quantitative estimate of drug-likeness (QED) is 0.739. The minimum Gasteiger partial charge on any atom is -0.367 e. The van der Waals surface area contributed by atoms with E-state index in [0.717, 1.165) is 25.0 Å². The zero-order valence-electron chi connectivity index (χ0n) is 9.75. The zero-order valence-corrected chi connectivity index (χ0v) is 9.75. The zero-order chi connectivity index (χ0) is 12.4. The number of rotatable bonds is 2. The molecule has 0 spiro atoms. The van der Waals surface area contributed by atoms with Gasteiger partial charge in [0.05, 0.1) is 0 Å². The molecular weight excluding hydrogens is 224 g/mol. The first-order valence-corrected chi connectivity index (χ1v) is 5.81. The third-order valence-corrected chi connectivity index (χ3v) is 3.28. The molecule has 0 N–H and O–H groups in total. The predicted octanol–water partition coefficient (Wildman–Crippen LogP) is 3.01. The molecule has 17 heavy (non-hydrogen) atoms. The molecule has 0 saturated carbocycles. The summed E-state index contributed by atoms with van der Waals surface area (Å²) in [6, 6.07) is 2.17. The summed E-state index contributed by atoms with van der Waals surface area (Å²) < 4.78 is 27.5. The summed E-state index contributed by atoms with van der Waals surface area (Å²) in [5.74, 6) is -0.699. The highest BCUT2D eigenvalue weighted by Crippen LogP contribution is 2.28. The van der Waals surface area contributed by atoms with Crippen LogP contribution in [0.15, 0.2) is 12.1 Å². The van der Waals surface area contributed by atoms with Crippen molar-refractivity contribution in [3.8, 4) is 0 Å². The Kier molecular flexibility index (Phi) is 3.41. The fourth-order valence-electron chi connectivity index (χ4n) is 2.19. The summed E-state index contributed by atoms with van der Waals surface area (Å²) in [5, 5.41) is 0. The van der Waals surface area contributed by atoms with E-state index in [9.17, 15) is 13.6 Å². The maximum Gasteiger partial charge on any atom is 0.150 e. The summed E-state index contributed by atoms with van der Waals surface area (Å²) in [6.45, 7) is 3.46. The van der Waals surface area contributed by atoms with Gasteiger partial charge in [0.15, 0.2) is 0 Å². The molecule has 0 aromatic heterocycles. The number of carbonyl (C=O) groups is 1. The fraction of sp³-hybridized carbons (Fsp3) is 0.462. The average Bonchev–Trinajstić information content (AvgIpc) is 2.30. The number of aldehydes is 1. The topological polar surface area (TPSA) is 20.3 Å². The van der Waals surface area contributed by atoms with Crippen LogP contribution in [0.2, 0.25) is 0 Å². The lowest BCUT2D eigenvalue weighted by molar-refractivity contribution is 0.112. The van der Waals surface area contributed by atoms with Gasteiger partial charge in [0.2, 0.25) is 0 Å². The van der Waals surface area contributed by atoms with Crippen molar-refractivity contribution in [3.05, 3.63) is 29.3 Å². The molecule has 0 atom stereocenters. The van der Waals surface area contributed by atoms with Gasteiger partial charge in [0.25, 0.3) is 0 Å². The Labute approximate surface area is 99.2 Å². The van der Waals surface area contributed by atoms with Gasteiger partial charge in [0, 0.05) is 18.7 Å². The standard InChI is InChI=1S/C13H15F2NO/c1-9-2-4-16(5-3-9)13-11(14)6-10(8-17)7-12(13)15/h6-9H,2-5H2,1H3. The Bertz CT molecular complexity index is 402. The van der Waals surface area contributed by atoms with Crippen LogP contribution in [0.5, 0.6) is 0 Å². The molecule has 1 heterocycles. The molecule has 0 unspecified atom stereocenters. The molecule has 0 aliphatic carbocycles. The molecule has 1 aromatic carbocycles. The van der Waals surface area contributed by atoms with Crippen molar-refractivity contribution >= 4 is 12.0 Å². The van der Waals surface area contributed by atoms with Gasteiger partial charge in [-0.15, -0.1) is 0 Å². The van der Waals surface area contributed by atoms with Gasteiger partial charge in [-0.05, 0) is 30.9 Å². The van der Waals surface area contributed by atoms with Crippen molar-refractivity contribution < 1.29 is 13.6 Å². The first-order chi connectivity index (χ1) is 8.11. The number of hydrogen-bond donors (Lipinski definition) is 0. The smallest absolute Gasteiger partial charge is 0.150 e. The average molecular weight is 239 g/mol. The van der Waals surface area contributed by atoms with Gasteiger partial charge in [-0.25, -0.2) is 8.78 Å². The lowest BCUT2D eigenvalue weighted by Gasteiger charge is -2.32. The van der Waals surface area contributed by atoms with E-state index in [0.29, 0.717) is 25.3 Å². The molecule has 0 amide bonds. The van der Waals surface area contributed by atoms with E-state index in [-0.39, 0.29) is 11.3 Å². The van der Waals surface area contributed by atoms with Crippen molar-refractivity contribution in [1.82, 2.24) is 0 Å². The van der Waals surface area contributed by atoms with Crippen LogP contribution >= 0.6 is 0 Å². The van der Waals surface area contributed by atoms with Crippen molar-refractivity contribution in [2.75, 3.05) is 18.0 Å². The van der Waals surface area contributed by atoms with Crippen LogP contribution in [-0.2, 0) is 0 Å². The predicted molar refractivity (Wildman–Crippen MR) is 62.4 cm³/mol. The number of halogens is 2. The second-order valence-electron chi connectivity index (χ2n) is 4.62. The first-order valence-electron chi connectivity index (χ1n) is 5.81. The number of anilines is 1. The van der Waals surface area contributed by atoms with Crippen LogP contribution in [0.25, 0.3) is 0 Å². The van der Waals surface area contributed by atoms with Gasteiger partial charge in [-0.2, -0.15) is 0 Å². The summed E-state index contributed by atoms with van der Waals surface area (Å²) in [6.07, 6.45) is 2.33. The maximum atomic E-state index is 13.7. The molecule has 2 nitrogen and oxygen atoms in total. The van der Waals surface area contributed by atoms with Crippen LogP contribution in [0.3, 0.4) is 0 Å². The van der Waals surface area contributed by atoms with Crippen LogP contribution in [0, 0.1) is 17.6 Å². The first kappa shape index (κ1) is 12.0. The van der Waals surface area contributed by atoms with Gasteiger partial charge < -0.3 is 4.90 Å². The molecule has 1 fully saturated rings.